The highest BCUT2D eigenvalue weighted by Gasteiger charge is 2.28. The van der Waals surface area contributed by atoms with Crippen molar-refractivity contribution in [1.82, 2.24) is 15.6 Å². The van der Waals surface area contributed by atoms with Crippen molar-refractivity contribution < 1.29 is 33.8 Å². The fraction of sp³-hybridized carbons (Fsp3) is 0.538. The van der Waals surface area contributed by atoms with Crippen LogP contribution in [0.5, 0.6) is 0 Å². The highest BCUT2D eigenvalue weighted by Crippen LogP contribution is 2.19. The Morgan fingerprint density at radius 1 is 1.14 bits per heavy atom. The van der Waals surface area contributed by atoms with Gasteiger partial charge in [0.1, 0.15) is 18.4 Å². The van der Waals surface area contributed by atoms with E-state index in [1.165, 1.54) is 13.0 Å². The summed E-state index contributed by atoms with van der Waals surface area (Å²) in [5.41, 5.74) is 0.719. The van der Waals surface area contributed by atoms with Crippen molar-refractivity contribution in [3.8, 4) is 0 Å². The maximum atomic E-state index is 12.7. The second kappa shape index (κ2) is 13.7. The van der Waals surface area contributed by atoms with Crippen LogP contribution in [0.3, 0.4) is 0 Å². The minimum atomic E-state index is -0.959. The Kier molecular flexibility index (Phi) is 11.1. The lowest BCUT2D eigenvalue weighted by molar-refractivity contribution is -0.155. The van der Waals surface area contributed by atoms with Crippen molar-refractivity contribution >= 4 is 17.8 Å². The molecule has 36 heavy (non-hydrogen) atoms. The number of esters is 1. The number of ether oxygens (including phenoxy) is 1. The summed E-state index contributed by atoms with van der Waals surface area (Å²) in [5, 5.41) is 25.8. The third-order valence-corrected chi connectivity index (χ3v) is 5.62. The first-order chi connectivity index (χ1) is 17.0. The van der Waals surface area contributed by atoms with Gasteiger partial charge in [-0.15, -0.1) is 0 Å². The number of rotatable bonds is 1. The monoisotopic (exact) mass is 503 g/mol. The molecule has 198 valence electrons. The van der Waals surface area contributed by atoms with Crippen molar-refractivity contribution in [2.24, 2.45) is 11.8 Å². The molecule has 2 rings (SSSR count). The smallest absolute Gasteiger partial charge is 0.328 e. The van der Waals surface area contributed by atoms with Gasteiger partial charge in [-0.2, -0.15) is 0 Å². The topological polar surface area (TPSA) is 151 Å². The summed E-state index contributed by atoms with van der Waals surface area (Å²) in [4.78, 5) is 41.5. The van der Waals surface area contributed by atoms with Crippen LogP contribution in [0.4, 0.5) is 0 Å². The molecule has 0 fully saturated rings. The van der Waals surface area contributed by atoms with Gasteiger partial charge in [-0.3, -0.25) is 9.59 Å². The molecule has 1 aliphatic heterocycles. The van der Waals surface area contributed by atoms with Crippen LogP contribution in [0.15, 0.2) is 46.6 Å². The van der Waals surface area contributed by atoms with Gasteiger partial charge in [0.2, 0.25) is 5.91 Å². The number of aliphatic hydroxyl groups is 2. The van der Waals surface area contributed by atoms with E-state index in [1.54, 1.807) is 31.2 Å². The van der Waals surface area contributed by atoms with E-state index in [4.69, 9.17) is 9.15 Å². The van der Waals surface area contributed by atoms with Crippen LogP contribution in [-0.2, 0) is 20.7 Å². The zero-order valence-electron chi connectivity index (χ0n) is 21.4. The lowest BCUT2D eigenvalue weighted by atomic mass is 9.94. The minimum absolute atomic E-state index is 0.00233. The lowest BCUT2D eigenvalue weighted by Crippen LogP contribution is -2.42. The maximum absolute atomic E-state index is 12.7. The van der Waals surface area contributed by atoms with Gasteiger partial charge < -0.3 is 30.0 Å². The van der Waals surface area contributed by atoms with E-state index in [-0.39, 0.29) is 48.7 Å². The standard InChI is InChI=1S/C26H37N3O7/c1-15(2)24-17(4)8-9-22(32)27-10-6-7-16(3)11-19(30)12-20(31)13-23-29-21(14-35-23)25(33)28-18(5)26(34)36-24/h6-9,11,14-15,17-20,24,30-31H,10,12-13H2,1-5H3,(H,27,32)(H,28,33)/b7-6-,9-8-,16-11-. The van der Waals surface area contributed by atoms with Gasteiger partial charge in [-0.25, -0.2) is 9.78 Å². The zero-order valence-corrected chi connectivity index (χ0v) is 21.4. The quantitative estimate of drug-likeness (QED) is 0.424. The largest absolute Gasteiger partial charge is 0.460 e. The van der Waals surface area contributed by atoms with Crippen LogP contribution in [0.1, 0.15) is 57.4 Å². The molecule has 1 aromatic rings. The van der Waals surface area contributed by atoms with E-state index in [0.717, 1.165) is 11.8 Å². The third kappa shape index (κ3) is 9.43. The van der Waals surface area contributed by atoms with E-state index in [9.17, 15) is 24.6 Å². The Morgan fingerprint density at radius 3 is 2.56 bits per heavy atom. The van der Waals surface area contributed by atoms with Crippen molar-refractivity contribution in [1.29, 1.82) is 0 Å². The fourth-order valence-electron chi connectivity index (χ4n) is 3.73. The molecule has 0 aliphatic carbocycles. The second-order valence-corrected chi connectivity index (χ2v) is 9.40. The molecule has 0 saturated carbocycles. The molecule has 0 radical (unpaired) electrons. The van der Waals surface area contributed by atoms with E-state index in [1.807, 2.05) is 20.8 Å². The molecule has 2 heterocycles. The average Bonchev–Trinajstić information content (AvgIpc) is 3.25. The first-order valence-electron chi connectivity index (χ1n) is 12.1. The molecule has 4 N–H and O–H groups in total. The van der Waals surface area contributed by atoms with Gasteiger partial charge in [0.05, 0.1) is 18.6 Å². The molecule has 2 amide bonds. The Morgan fingerprint density at radius 2 is 1.86 bits per heavy atom. The number of carbonyl (C=O) groups excluding carboxylic acids is 3. The molecular weight excluding hydrogens is 466 g/mol. The number of hydrogen-bond donors (Lipinski definition) is 4. The van der Waals surface area contributed by atoms with E-state index in [2.05, 4.69) is 15.6 Å². The Balaban J connectivity index is 2.24. The number of allylic oxidation sites excluding steroid dienone is 2. The normalized spacial score (nSPS) is 30.9. The number of nitrogens with zero attached hydrogens (tertiary/aromatic N) is 1. The predicted octanol–water partition coefficient (Wildman–Crippen LogP) is 1.84. The van der Waals surface area contributed by atoms with Gasteiger partial charge in [-0.1, -0.05) is 50.6 Å². The summed E-state index contributed by atoms with van der Waals surface area (Å²) in [7, 11) is 0. The number of cyclic esters (lactones) is 1. The van der Waals surface area contributed by atoms with Crippen molar-refractivity contribution in [3.05, 3.63) is 53.8 Å². The van der Waals surface area contributed by atoms with Gasteiger partial charge in [0.25, 0.3) is 5.91 Å². The van der Waals surface area contributed by atoms with Gasteiger partial charge in [0.15, 0.2) is 11.6 Å². The predicted molar refractivity (Wildman–Crippen MR) is 133 cm³/mol. The number of hydrogen-bond acceptors (Lipinski definition) is 8. The minimum Gasteiger partial charge on any atom is -0.460 e. The number of nitrogens with one attached hydrogen (secondary N) is 2. The number of aromatic nitrogens is 1. The average molecular weight is 504 g/mol. The molecule has 0 aromatic carbocycles. The molecule has 0 spiro atoms. The van der Waals surface area contributed by atoms with Crippen LogP contribution < -0.4 is 10.6 Å². The molecular formula is C26H37N3O7. The molecule has 10 nitrogen and oxygen atoms in total. The van der Waals surface area contributed by atoms with Crippen molar-refractivity contribution in [2.75, 3.05) is 6.54 Å². The number of fused-ring (bicyclic) bond motifs is 2. The fourth-order valence-corrected chi connectivity index (χ4v) is 3.73. The first-order valence-corrected chi connectivity index (χ1v) is 12.1. The SMILES string of the molecule is CC1=C/C(O)CC(O)Cc2nc(co2)C(=O)NC(C)C(=O)OC(C(C)C)C(C)/C=C\C(=O)NC/C=C\1. The van der Waals surface area contributed by atoms with Gasteiger partial charge in [0, 0.05) is 18.9 Å². The lowest BCUT2D eigenvalue weighted by Gasteiger charge is -2.27. The Hall–Kier alpha value is -3.24. The van der Waals surface area contributed by atoms with E-state index >= 15 is 0 Å². The van der Waals surface area contributed by atoms with Crippen LogP contribution >= 0.6 is 0 Å². The van der Waals surface area contributed by atoms with E-state index < -0.39 is 36.2 Å². The van der Waals surface area contributed by atoms with Gasteiger partial charge in [-0.05, 0) is 25.8 Å². The highest BCUT2D eigenvalue weighted by molar-refractivity contribution is 5.94. The summed E-state index contributed by atoms with van der Waals surface area (Å²) < 4.78 is 10.9. The van der Waals surface area contributed by atoms with Crippen molar-refractivity contribution in [3.63, 3.8) is 0 Å². The summed E-state index contributed by atoms with van der Waals surface area (Å²) in [5.74, 6) is -1.70. The summed E-state index contributed by atoms with van der Waals surface area (Å²) in [6.45, 7) is 9.24. The highest BCUT2D eigenvalue weighted by atomic mass is 16.5. The van der Waals surface area contributed by atoms with Gasteiger partial charge >= 0.3 is 5.97 Å². The second-order valence-electron chi connectivity index (χ2n) is 9.40. The van der Waals surface area contributed by atoms with Crippen LogP contribution in [0, 0.1) is 11.8 Å². The summed E-state index contributed by atoms with van der Waals surface area (Å²) in [6.07, 6.45) is 6.98. The molecule has 5 unspecified atom stereocenters. The van der Waals surface area contributed by atoms with Crippen LogP contribution in [-0.4, -0.2) is 63.9 Å². The third-order valence-electron chi connectivity index (χ3n) is 5.62. The Labute approximate surface area is 211 Å². The number of amides is 2. The Bertz CT molecular complexity index is 995. The first kappa shape index (κ1) is 29.0. The van der Waals surface area contributed by atoms with Crippen LogP contribution in [0.2, 0.25) is 0 Å². The number of aliphatic hydroxyl groups excluding tert-OH is 2. The summed E-state index contributed by atoms with van der Waals surface area (Å²) >= 11 is 0. The summed E-state index contributed by atoms with van der Waals surface area (Å²) in [6, 6.07) is -0.956. The van der Waals surface area contributed by atoms with Crippen molar-refractivity contribution in [2.45, 2.75) is 71.8 Å². The van der Waals surface area contributed by atoms with E-state index in [0.29, 0.717) is 0 Å². The molecule has 1 aliphatic rings. The number of oxazole rings is 1. The molecule has 10 heteroatoms. The maximum Gasteiger partial charge on any atom is 0.328 e. The molecule has 0 saturated heterocycles. The number of carbonyl (C=O) groups is 3. The zero-order chi connectivity index (χ0) is 26.8. The van der Waals surface area contributed by atoms with Crippen LogP contribution in [0.25, 0.3) is 0 Å². The molecule has 5 atom stereocenters. The molecule has 2 bridgehead atoms. The molecule has 1 aromatic heterocycles.